The molecule has 0 amide bonds. The fourth-order valence-corrected chi connectivity index (χ4v) is 3.24. The summed E-state index contributed by atoms with van der Waals surface area (Å²) in [5.74, 6) is 0.710. The Morgan fingerprint density at radius 1 is 1.32 bits per heavy atom. The molecule has 0 saturated heterocycles. The number of rotatable bonds is 6. The lowest BCUT2D eigenvalue weighted by Crippen LogP contribution is -2.12. The van der Waals surface area contributed by atoms with Gasteiger partial charge in [-0.05, 0) is 6.92 Å². The number of aromatic nitrogens is 2. The maximum absolute atomic E-state index is 5.31. The van der Waals surface area contributed by atoms with Crippen molar-refractivity contribution in [1.29, 1.82) is 0 Å². The van der Waals surface area contributed by atoms with E-state index in [1.165, 1.54) is 4.88 Å². The van der Waals surface area contributed by atoms with Crippen LogP contribution in [0.1, 0.15) is 15.4 Å². The molecule has 0 bridgehead atoms. The molecule has 5 nitrogen and oxygen atoms in total. The second-order valence-corrected chi connectivity index (χ2v) is 6.29. The van der Waals surface area contributed by atoms with Crippen LogP contribution >= 0.6 is 22.7 Å². The summed E-state index contributed by atoms with van der Waals surface area (Å²) < 4.78 is 5.31. The normalized spacial score (nSPS) is 10.7. The highest BCUT2D eigenvalue weighted by Crippen LogP contribution is 2.30. The Labute approximate surface area is 121 Å². The first-order valence-corrected chi connectivity index (χ1v) is 7.62. The summed E-state index contributed by atoms with van der Waals surface area (Å²) in [4.78, 5) is 13.1. The summed E-state index contributed by atoms with van der Waals surface area (Å²) in [6.07, 6.45) is 0. The zero-order valence-corrected chi connectivity index (χ0v) is 13.2. The van der Waals surface area contributed by atoms with Crippen LogP contribution in [0.5, 0.6) is 5.88 Å². The number of hydrogen-bond donors (Lipinski definition) is 1. The number of thiazole rings is 2. The Bertz CT molecular complexity index is 536. The fourth-order valence-electron chi connectivity index (χ4n) is 1.57. The van der Waals surface area contributed by atoms with Crippen molar-refractivity contribution in [2.45, 2.75) is 20.0 Å². The van der Waals surface area contributed by atoms with Crippen LogP contribution in [0.4, 0.5) is 5.13 Å². The molecule has 0 unspecified atom stereocenters. The summed E-state index contributed by atoms with van der Waals surface area (Å²) in [5, 5.41) is 4.37. The van der Waals surface area contributed by atoms with Gasteiger partial charge in [-0.2, -0.15) is 4.98 Å². The molecular formula is C12H18N4OS2. The van der Waals surface area contributed by atoms with E-state index in [1.807, 2.05) is 31.4 Å². The van der Waals surface area contributed by atoms with Gasteiger partial charge < -0.3 is 15.0 Å². The number of hydrogen-bond acceptors (Lipinski definition) is 7. The molecule has 7 heteroatoms. The van der Waals surface area contributed by atoms with Gasteiger partial charge in [-0.15, -0.1) is 11.3 Å². The lowest BCUT2D eigenvalue weighted by atomic mass is 10.4. The number of nitrogens with one attached hydrogen (secondary N) is 1. The van der Waals surface area contributed by atoms with Crippen LogP contribution < -0.4 is 15.0 Å². The molecule has 19 heavy (non-hydrogen) atoms. The third-order valence-corrected chi connectivity index (χ3v) is 4.78. The first-order valence-electron chi connectivity index (χ1n) is 5.92. The maximum atomic E-state index is 5.31. The van der Waals surface area contributed by atoms with Gasteiger partial charge in [0.25, 0.3) is 0 Å². The monoisotopic (exact) mass is 298 g/mol. The Morgan fingerprint density at radius 2 is 2.05 bits per heavy atom. The summed E-state index contributed by atoms with van der Waals surface area (Å²) >= 11 is 3.33. The predicted molar refractivity (Wildman–Crippen MR) is 80.4 cm³/mol. The highest BCUT2D eigenvalue weighted by Gasteiger charge is 2.12. The molecule has 2 aromatic heterocycles. The van der Waals surface area contributed by atoms with Crippen LogP contribution in [0, 0.1) is 6.92 Å². The van der Waals surface area contributed by atoms with Crippen molar-refractivity contribution in [1.82, 2.24) is 15.3 Å². The Kier molecular flexibility index (Phi) is 4.73. The quantitative estimate of drug-likeness (QED) is 0.886. The standard InChI is InChI=1S/C12H18N4OS2/c1-8-9(18-7-14-8)5-13-6-10-11(17-4)15-12(19-10)16(2)3/h7,13H,5-6H2,1-4H3. The minimum Gasteiger partial charge on any atom is -0.480 e. The van der Waals surface area contributed by atoms with Crippen molar-refractivity contribution in [2.24, 2.45) is 0 Å². The Morgan fingerprint density at radius 3 is 2.63 bits per heavy atom. The molecule has 0 radical (unpaired) electrons. The molecule has 0 spiro atoms. The summed E-state index contributed by atoms with van der Waals surface area (Å²) in [7, 11) is 5.62. The second-order valence-electron chi connectivity index (χ2n) is 4.29. The van der Waals surface area contributed by atoms with E-state index in [-0.39, 0.29) is 0 Å². The number of anilines is 1. The lowest BCUT2D eigenvalue weighted by molar-refractivity contribution is 0.395. The molecule has 0 fully saturated rings. The van der Waals surface area contributed by atoms with Crippen molar-refractivity contribution in [3.05, 3.63) is 21.0 Å². The van der Waals surface area contributed by atoms with Crippen molar-refractivity contribution in [3.63, 3.8) is 0 Å². The van der Waals surface area contributed by atoms with Gasteiger partial charge in [-0.25, -0.2) is 4.98 Å². The van der Waals surface area contributed by atoms with E-state index in [0.717, 1.165) is 28.8 Å². The highest BCUT2D eigenvalue weighted by molar-refractivity contribution is 7.15. The molecule has 2 aromatic rings. The minimum absolute atomic E-state index is 0.710. The van der Waals surface area contributed by atoms with E-state index < -0.39 is 0 Å². The molecule has 0 aliphatic heterocycles. The smallest absolute Gasteiger partial charge is 0.230 e. The van der Waals surface area contributed by atoms with Gasteiger partial charge in [-0.1, -0.05) is 11.3 Å². The van der Waals surface area contributed by atoms with Gasteiger partial charge in [0, 0.05) is 32.1 Å². The molecule has 0 atom stereocenters. The number of methoxy groups -OCH3 is 1. The molecular weight excluding hydrogens is 280 g/mol. The van der Waals surface area contributed by atoms with Crippen LogP contribution in [0.2, 0.25) is 0 Å². The first-order chi connectivity index (χ1) is 9.11. The third-order valence-electron chi connectivity index (χ3n) is 2.64. The van der Waals surface area contributed by atoms with E-state index in [4.69, 9.17) is 4.74 Å². The average Bonchev–Trinajstić information content (AvgIpc) is 2.96. The van der Waals surface area contributed by atoms with Crippen molar-refractivity contribution in [2.75, 3.05) is 26.1 Å². The molecule has 0 saturated carbocycles. The van der Waals surface area contributed by atoms with Crippen molar-refractivity contribution < 1.29 is 4.74 Å². The van der Waals surface area contributed by atoms with E-state index in [0.29, 0.717) is 5.88 Å². The van der Waals surface area contributed by atoms with Crippen molar-refractivity contribution in [3.8, 4) is 5.88 Å². The third kappa shape index (κ3) is 3.43. The van der Waals surface area contributed by atoms with Gasteiger partial charge >= 0.3 is 0 Å². The topological polar surface area (TPSA) is 50.3 Å². The number of aryl methyl sites for hydroxylation is 1. The van der Waals surface area contributed by atoms with Gasteiger partial charge in [0.2, 0.25) is 5.88 Å². The molecule has 104 valence electrons. The van der Waals surface area contributed by atoms with E-state index in [1.54, 1.807) is 29.8 Å². The highest BCUT2D eigenvalue weighted by atomic mass is 32.1. The van der Waals surface area contributed by atoms with E-state index >= 15 is 0 Å². The zero-order valence-electron chi connectivity index (χ0n) is 11.6. The molecule has 2 rings (SSSR count). The molecule has 0 aromatic carbocycles. The number of nitrogens with zero attached hydrogens (tertiary/aromatic N) is 3. The van der Waals surface area contributed by atoms with Crippen molar-refractivity contribution >= 4 is 27.8 Å². The SMILES string of the molecule is COc1nc(N(C)C)sc1CNCc1scnc1C. The van der Waals surface area contributed by atoms with Crippen LogP contribution in [-0.4, -0.2) is 31.2 Å². The summed E-state index contributed by atoms with van der Waals surface area (Å²) in [6.45, 7) is 3.62. The van der Waals surface area contributed by atoms with E-state index in [2.05, 4.69) is 15.3 Å². The van der Waals surface area contributed by atoms with Crippen LogP contribution in [0.25, 0.3) is 0 Å². The fraction of sp³-hybridized carbons (Fsp3) is 0.500. The second kappa shape index (κ2) is 6.31. The van der Waals surface area contributed by atoms with Crippen LogP contribution in [0.15, 0.2) is 5.51 Å². The Hall–Kier alpha value is -1.18. The van der Waals surface area contributed by atoms with E-state index in [9.17, 15) is 0 Å². The minimum atomic E-state index is 0.710. The largest absolute Gasteiger partial charge is 0.480 e. The van der Waals surface area contributed by atoms with Gasteiger partial charge in [0.15, 0.2) is 5.13 Å². The zero-order chi connectivity index (χ0) is 13.8. The number of ether oxygens (including phenoxy) is 1. The molecule has 0 aliphatic rings. The molecule has 0 aliphatic carbocycles. The van der Waals surface area contributed by atoms with Gasteiger partial charge in [-0.3, -0.25) is 0 Å². The Balaban J connectivity index is 1.97. The van der Waals surface area contributed by atoms with Crippen LogP contribution in [0.3, 0.4) is 0 Å². The molecule has 2 heterocycles. The van der Waals surface area contributed by atoms with Gasteiger partial charge in [0.05, 0.1) is 23.2 Å². The summed E-state index contributed by atoms with van der Waals surface area (Å²) in [5.41, 5.74) is 2.98. The first kappa shape index (κ1) is 14.2. The van der Waals surface area contributed by atoms with Crippen LogP contribution in [-0.2, 0) is 13.1 Å². The predicted octanol–water partition coefficient (Wildman–Crippen LogP) is 2.27. The molecule has 1 N–H and O–H groups in total. The maximum Gasteiger partial charge on any atom is 0.230 e. The summed E-state index contributed by atoms with van der Waals surface area (Å²) in [6, 6.07) is 0. The average molecular weight is 298 g/mol. The van der Waals surface area contributed by atoms with Gasteiger partial charge in [0.1, 0.15) is 0 Å². The lowest BCUT2D eigenvalue weighted by Gasteiger charge is -2.05.